The average Bonchev–Trinajstić information content (AvgIpc) is 3.03. The van der Waals surface area contributed by atoms with Crippen molar-refractivity contribution in [3.63, 3.8) is 0 Å². The van der Waals surface area contributed by atoms with Crippen molar-refractivity contribution in [2.45, 2.75) is 39.2 Å². The second kappa shape index (κ2) is 10.1. The highest BCUT2D eigenvalue weighted by molar-refractivity contribution is 6.30. The fraction of sp³-hybridized carbons (Fsp3) is 0.387. The number of aliphatic hydroxyl groups is 1. The molecule has 1 fully saturated rings. The van der Waals surface area contributed by atoms with E-state index in [1.54, 1.807) is 6.92 Å². The maximum Gasteiger partial charge on any atom is 0.161 e. The molecule has 2 aromatic carbocycles. The number of Topliss-reactive ketones (excluding diaryl/α,β-unsaturated/α-hetero) is 1. The number of benzene rings is 2. The highest BCUT2D eigenvalue weighted by atomic mass is 35.5. The number of ketones is 1. The third-order valence-electron chi connectivity index (χ3n) is 8.03. The number of fused-ring (bicyclic) bond motifs is 2. The van der Waals surface area contributed by atoms with Gasteiger partial charge in [0.25, 0.3) is 0 Å². The van der Waals surface area contributed by atoms with E-state index in [1.165, 1.54) is 0 Å². The quantitative estimate of drug-likeness (QED) is 0.489. The minimum atomic E-state index is -0.896. The molecule has 1 N–H and O–H groups in total. The third-order valence-corrected chi connectivity index (χ3v) is 8.28. The van der Waals surface area contributed by atoms with Crippen molar-refractivity contribution in [3.05, 3.63) is 94.2 Å². The second-order valence-corrected chi connectivity index (χ2v) is 11.4. The summed E-state index contributed by atoms with van der Waals surface area (Å²) in [5.41, 5.74) is 3.59. The van der Waals surface area contributed by atoms with Crippen LogP contribution in [0, 0.1) is 5.41 Å². The van der Waals surface area contributed by atoms with E-state index in [1.807, 2.05) is 42.5 Å². The van der Waals surface area contributed by atoms with Gasteiger partial charge in [-0.1, -0.05) is 55.8 Å². The molecule has 194 valence electrons. The van der Waals surface area contributed by atoms with Gasteiger partial charge < -0.3 is 19.6 Å². The largest absolute Gasteiger partial charge is 0.472 e. The monoisotopic (exact) mass is 518 g/mol. The summed E-state index contributed by atoms with van der Waals surface area (Å²) in [6.45, 7) is 9.65. The molecule has 1 saturated heterocycles. The first-order valence-electron chi connectivity index (χ1n) is 13.0. The number of hydrogen-bond donors (Lipinski definition) is 1. The Bertz CT molecular complexity index is 1280. The van der Waals surface area contributed by atoms with Gasteiger partial charge in [-0.2, -0.15) is 0 Å². The molecular formula is C31H35ClN2O3. The molecule has 0 unspecified atom stereocenters. The number of carbonyl (C=O) groups is 1. The van der Waals surface area contributed by atoms with Crippen molar-refractivity contribution < 1.29 is 14.6 Å². The van der Waals surface area contributed by atoms with Crippen LogP contribution in [-0.4, -0.2) is 53.6 Å². The lowest BCUT2D eigenvalue weighted by Crippen LogP contribution is -2.55. The topological polar surface area (TPSA) is 53.0 Å². The van der Waals surface area contributed by atoms with Gasteiger partial charge in [0, 0.05) is 59.0 Å². The fourth-order valence-corrected chi connectivity index (χ4v) is 5.91. The molecule has 0 aromatic heterocycles. The molecule has 5 rings (SSSR count). The summed E-state index contributed by atoms with van der Waals surface area (Å²) in [6.07, 6.45) is 10.1. The summed E-state index contributed by atoms with van der Waals surface area (Å²) in [4.78, 5) is 16.8. The van der Waals surface area contributed by atoms with Gasteiger partial charge >= 0.3 is 0 Å². The number of rotatable bonds is 5. The number of ether oxygens (including phenoxy) is 1. The van der Waals surface area contributed by atoms with Crippen LogP contribution in [0.2, 0.25) is 5.02 Å². The molecule has 0 radical (unpaired) electrons. The van der Waals surface area contributed by atoms with E-state index < -0.39 is 5.60 Å². The predicted octanol–water partition coefficient (Wildman–Crippen LogP) is 6.04. The second-order valence-electron chi connectivity index (χ2n) is 10.9. The summed E-state index contributed by atoms with van der Waals surface area (Å²) < 4.78 is 6.13. The summed E-state index contributed by atoms with van der Waals surface area (Å²) >= 11 is 6.09. The highest BCUT2D eigenvalue weighted by Gasteiger charge is 2.48. The standard InChI is InChI=1S/C31H35ClN2O3/c1-22(35)23-9-14-29-27(19-23)26(28-8-4-5-17-34(28)21-37-29)7-6-16-33-18-15-31(36,30(2,3)20-33)24-10-12-25(32)13-11-24/h4-5,7-14,19,36H,6,15-18,20-21H2,1-3H3/t31-/m0/s1. The molecule has 2 aromatic rings. The van der Waals surface area contributed by atoms with Crippen LogP contribution in [0.15, 0.2) is 72.5 Å². The molecule has 3 heterocycles. The minimum Gasteiger partial charge on any atom is -0.472 e. The Morgan fingerprint density at radius 2 is 1.97 bits per heavy atom. The zero-order valence-corrected chi connectivity index (χ0v) is 22.6. The van der Waals surface area contributed by atoms with E-state index in [4.69, 9.17) is 16.3 Å². The number of carbonyl (C=O) groups excluding carboxylic acids is 1. The molecule has 5 nitrogen and oxygen atoms in total. The summed E-state index contributed by atoms with van der Waals surface area (Å²) in [7, 11) is 0. The Balaban J connectivity index is 1.37. The van der Waals surface area contributed by atoms with Gasteiger partial charge in [0.15, 0.2) is 12.5 Å². The van der Waals surface area contributed by atoms with Crippen LogP contribution in [0.25, 0.3) is 5.57 Å². The van der Waals surface area contributed by atoms with Crippen molar-refractivity contribution >= 4 is 23.0 Å². The van der Waals surface area contributed by atoms with Gasteiger partial charge in [0.1, 0.15) is 5.75 Å². The molecule has 0 spiro atoms. The first kappa shape index (κ1) is 25.8. The molecule has 37 heavy (non-hydrogen) atoms. The Hall–Kier alpha value is -2.86. The molecule has 0 saturated carbocycles. The van der Waals surface area contributed by atoms with Crippen molar-refractivity contribution in [2.24, 2.45) is 5.41 Å². The molecule has 3 aliphatic heterocycles. The van der Waals surface area contributed by atoms with E-state index >= 15 is 0 Å². The van der Waals surface area contributed by atoms with Gasteiger partial charge in [-0.15, -0.1) is 0 Å². The van der Waals surface area contributed by atoms with E-state index in [-0.39, 0.29) is 11.2 Å². The van der Waals surface area contributed by atoms with E-state index in [2.05, 4.69) is 48.0 Å². The Kier molecular flexibility index (Phi) is 7.06. The van der Waals surface area contributed by atoms with Gasteiger partial charge in [0.2, 0.25) is 0 Å². The summed E-state index contributed by atoms with van der Waals surface area (Å²) in [5.74, 6) is 0.850. The zero-order valence-electron chi connectivity index (χ0n) is 21.8. The molecule has 1 atom stereocenters. The highest BCUT2D eigenvalue weighted by Crippen LogP contribution is 2.46. The molecule has 0 amide bonds. The fourth-order valence-electron chi connectivity index (χ4n) is 5.79. The van der Waals surface area contributed by atoms with E-state index in [0.29, 0.717) is 23.7 Å². The number of halogens is 1. The minimum absolute atomic E-state index is 0.0458. The third kappa shape index (κ3) is 5.00. The smallest absolute Gasteiger partial charge is 0.161 e. The number of nitrogens with zero attached hydrogens (tertiary/aromatic N) is 2. The normalized spacial score (nSPS) is 24.1. The van der Waals surface area contributed by atoms with E-state index in [0.717, 1.165) is 60.7 Å². The maximum absolute atomic E-state index is 12.1. The number of piperidine rings is 1. The summed E-state index contributed by atoms with van der Waals surface area (Å²) in [6, 6.07) is 13.3. The Labute approximate surface area is 224 Å². The zero-order chi connectivity index (χ0) is 26.2. The number of hydrogen-bond acceptors (Lipinski definition) is 5. The number of allylic oxidation sites excluding steroid dienone is 3. The van der Waals surface area contributed by atoms with Crippen LogP contribution in [-0.2, 0) is 5.60 Å². The average molecular weight is 519 g/mol. The van der Waals surface area contributed by atoms with Gasteiger partial charge in [0.05, 0.1) is 5.60 Å². The molecule has 0 aliphatic carbocycles. The Morgan fingerprint density at radius 3 is 2.70 bits per heavy atom. The Morgan fingerprint density at radius 1 is 1.19 bits per heavy atom. The van der Waals surface area contributed by atoms with Gasteiger partial charge in [-0.3, -0.25) is 4.79 Å². The van der Waals surface area contributed by atoms with Crippen LogP contribution in [0.1, 0.15) is 55.1 Å². The molecular weight excluding hydrogens is 484 g/mol. The molecule has 3 aliphatic rings. The first-order chi connectivity index (χ1) is 17.7. The lowest BCUT2D eigenvalue weighted by atomic mass is 9.66. The van der Waals surface area contributed by atoms with Crippen molar-refractivity contribution in [2.75, 3.05) is 32.9 Å². The van der Waals surface area contributed by atoms with Crippen LogP contribution >= 0.6 is 11.6 Å². The van der Waals surface area contributed by atoms with Gasteiger partial charge in [-0.25, -0.2) is 0 Å². The van der Waals surface area contributed by atoms with Crippen molar-refractivity contribution in [1.29, 1.82) is 0 Å². The molecule has 0 bridgehead atoms. The van der Waals surface area contributed by atoms with Crippen LogP contribution in [0.5, 0.6) is 5.75 Å². The lowest BCUT2D eigenvalue weighted by Gasteiger charge is -2.50. The predicted molar refractivity (Wildman–Crippen MR) is 149 cm³/mol. The number of likely N-dealkylation sites (tertiary alicyclic amines) is 1. The molecule has 6 heteroatoms. The van der Waals surface area contributed by atoms with Crippen LogP contribution < -0.4 is 4.74 Å². The van der Waals surface area contributed by atoms with Gasteiger partial charge in [-0.05, 0) is 61.7 Å². The van der Waals surface area contributed by atoms with Crippen LogP contribution in [0.4, 0.5) is 0 Å². The van der Waals surface area contributed by atoms with E-state index in [9.17, 15) is 9.90 Å². The first-order valence-corrected chi connectivity index (χ1v) is 13.4. The summed E-state index contributed by atoms with van der Waals surface area (Å²) in [5, 5.41) is 12.4. The lowest BCUT2D eigenvalue weighted by molar-refractivity contribution is -0.125. The van der Waals surface area contributed by atoms with Crippen molar-refractivity contribution in [1.82, 2.24) is 9.80 Å². The van der Waals surface area contributed by atoms with Crippen molar-refractivity contribution in [3.8, 4) is 5.75 Å². The van der Waals surface area contributed by atoms with Crippen LogP contribution in [0.3, 0.4) is 0 Å². The SMILES string of the molecule is CC(=O)c1ccc2c(c1)C(=CCCN1CC[C@](O)(c3ccc(Cl)cc3)C(C)(C)C1)C1=CC=CCN1CO2. The maximum atomic E-state index is 12.1.